The van der Waals surface area contributed by atoms with E-state index in [1.165, 1.54) is 12.1 Å². The van der Waals surface area contributed by atoms with Crippen molar-refractivity contribution in [1.29, 1.82) is 0 Å². The standard InChI is InChI=1S/C11H15FN2O4S2/c12-9-2-1-3-10(11(9)13)20(17,18)14-8-4-6-19(15,16)7-5-8/h1-3,8,14H,4-7,13H2. The minimum atomic E-state index is -3.96. The van der Waals surface area contributed by atoms with Crippen LogP contribution in [0, 0.1) is 5.82 Å². The Morgan fingerprint density at radius 3 is 2.45 bits per heavy atom. The molecule has 0 radical (unpaired) electrons. The lowest BCUT2D eigenvalue weighted by Crippen LogP contribution is -2.41. The molecular weight excluding hydrogens is 307 g/mol. The second kappa shape index (κ2) is 5.30. The first-order valence-corrected chi connectivity index (χ1v) is 9.28. The molecule has 0 amide bonds. The topological polar surface area (TPSA) is 106 Å². The molecular formula is C11H15FN2O4S2. The summed E-state index contributed by atoms with van der Waals surface area (Å²) in [5.74, 6) is -0.920. The molecule has 0 unspecified atom stereocenters. The Balaban J connectivity index is 2.18. The zero-order valence-electron chi connectivity index (χ0n) is 10.5. The van der Waals surface area contributed by atoms with Crippen molar-refractivity contribution in [2.75, 3.05) is 17.2 Å². The Morgan fingerprint density at radius 2 is 1.85 bits per heavy atom. The van der Waals surface area contributed by atoms with Crippen LogP contribution in [-0.4, -0.2) is 34.4 Å². The van der Waals surface area contributed by atoms with E-state index in [-0.39, 0.29) is 29.2 Å². The van der Waals surface area contributed by atoms with E-state index in [0.717, 1.165) is 6.07 Å². The van der Waals surface area contributed by atoms with Crippen molar-refractivity contribution in [2.24, 2.45) is 0 Å². The van der Waals surface area contributed by atoms with Gasteiger partial charge in [-0.1, -0.05) is 6.07 Å². The number of sulfonamides is 1. The number of para-hydroxylation sites is 1. The van der Waals surface area contributed by atoms with Crippen molar-refractivity contribution in [1.82, 2.24) is 4.72 Å². The van der Waals surface area contributed by atoms with Crippen LogP contribution >= 0.6 is 0 Å². The molecule has 6 nitrogen and oxygen atoms in total. The minimum absolute atomic E-state index is 0.0567. The third kappa shape index (κ3) is 3.28. The minimum Gasteiger partial charge on any atom is -0.395 e. The zero-order chi connectivity index (χ0) is 15.0. The lowest BCUT2D eigenvalue weighted by atomic mass is 10.2. The van der Waals surface area contributed by atoms with Crippen LogP contribution in [0.5, 0.6) is 0 Å². The number of hydrogen-bond donors (Lipinski definition) is 2. The molecule has 0 bridgehead atoms. The van der Waals surface area contributed by atoms with Crippen LogP contribution in [0.4, 0.5) is 10.1 Å². The number of nitrogen functional groups attached to an aromatic ring is 1. The van der Waals surface area contributed by atoms with Crippen molar-refractivity contribution < 1.29 is 21.2 Å². The first-order chi connectivity index (χ1) is 9.21. The van der Waals surface area contributed by atoms with Gasteiger partial charge in [0.05, 0.1) is 17.2 Å². The maximum absolute atomic E-state index is 13.3. The fourth-order valence-electron chi connectivity index (χ4n) is 2.04. The van der Waals surface area contributed by atoms with Crippen molar-refractivity contribution in [3.63, 3.8) is 0 Å². The summed E-state index contributed by atoms with van der Waals surface area (Å²) in [6, 6.07) is 3.05. The summed E-state index contributed by atoms with van der Waals surface area (Å²) >= 11 is 0. The SMILES string of the molecule is Nc1c(F)cccc1S(=O)(=O)NC1CCS(=O)(=O)CC1. The third-order valence-corrected chi connectivity index (χ3v) is 6.47. The predicted molar refractivity (Wildman–Crippen MR) is 72.8 cm³/mol. The van der Waals surface area contributed by atoms with Gasteiger partial charge in [0.2, 0.25) is 10.0 Å². The molecule has 0 aliphatic carbocycles. The van der Waals surface area contributed by atoms with Gasteiger partial charge in [-0.3, -0.25) is 0 Å². The maximum atomic E-state index is 13.3. The van der Waals surface area contributed by atoms with Gasteiger partial charge in [-0.05, 0) is 25.0 Å². The van der Waals surface area contributed by atoms with Crippen molar-refractivity contribution in [3.05, 3.63) is 24.0 Å². The van der Waals surface area contributed by atoms with Crippen LogP contribution in [0.3, 0.4) is 0 Å². The van der Waals surface area contributed by atoms with Gasteiger partial charge in [0.1, 0.15) is 20.5 Å². The number of sulfone groups is 1. The van der Waals surface area contributed by atoms with Gasteiger partial charge < -0.3 is 5.73 Å². The molecule has 1 aliphatic rings. The highest BCUT2D eigenvalue weighted by atomic mass is 32.2. The molecule has 0 saturated carbocycles. The number of halogens is 1. The summed E-state index contributed by atoms with van der Waals surface area (Å²) < 4.78 is 62.5. The summed E-state index contributed by atoms with van der Waals surface area (Å²) in [4.78, 5) is -0.328. The van der Waals surface area contributed by atoms with Gasteiger partial charge >= 0.3 is 0 Å². The largest absolute Gasteiger partial charge is 0.395 e. The molecule has 112 valence electrons. The molecule has 9 heteroatoms. The fourth-order valence-corrected chi connectivity index (χ4v) is 4.98. The van der Waals surface area contributed by atoms with E-state index in [9.17, 15) is 21.2 Å². The average molecular weight is 322 g/mol. The van der Waals surface area contributed by atoms with E-state index < -0.39 is 37.4 Å². The number of hydrogen-bond acceptors (Lipinski definition) is 5. The van der Waals surface area contributed by atoms with E-state index in [0.29, 0.717) is 0 Å². The van der Waals surface area contributed by atoms with E-state index in [2.05, 4.69) is 4.72 Å². The zero-order valence-corrected chi connectivity index (χ0v) is 12.2. The van der Waals surface area contributed by atoms with Gasteiger partial charge in [0.15, 0.2) is 0 Å². The molecule has 1 fully saturated rings. The number of rotatable bonds is 3. The average Bonchev–Trinajstić information content (AvgIpc) is 2.35. The Labute approximate surface area is 117 Å². The number of anilines is 1. The van der Waals surface area contributed by atoms with Gasteiger partial charge in [0, 0.05) is 6.04 Å². The molecule has 1 heterocycles. The van der Waals surface area contributed by atoms with Crippen molar-refractivity contribution in [2.45, 2.75) is 23.8 Å². The Kier molecular flexibility index (Phi) is 4.03. The Hall–Kier alpha value is -1.19. The second-order valence-electron chi connectivity index (χ2n) is 4.70. The molecule has 0 atom stereocenters. The first-order valence-electron chi connectivity index (χ1n) is 5.98. The summed E-state index contributed by atoms with van der Waals surface area (Å²) in [7, 11) is -7.03. The molecule has 2 rings (SSSR count). The van der Waals surface area contributed by atoms with E-state index in [4.69, 9.17) is 5.73 Å². The van der Waals surface area contributed by atoms with E-state index in [1.54, 1.807) is 0 Å². The first kappa shape index (κ1) is 15.2. The molecule has 20 heavy (non-hydrogen) atoms. The molecule has 0 aromatic heterocycles. The second-order valence-corrected chi connectivity index (χ2v) is 8.69. The van der Waals surface area contributed by atoms with Gasteiger partial charge in [-0.2, -0.15) is 0 Å². The van der Waals surface area contributed by atoms with Gasteiger partial charge in [-0.15, -0.1) is 0 Å². The highest BCUT2D eigenvalue weighted by Crippen LogP contribution is 2.22. The molecule has 0 spiro atoms. The lowest BCUT2D eigenvalue weighted by Gasteiger charge is -2.23. The highest BCUT2D eigenvalue weighted by Gasteiger charge is 2.28. The van der Waals surface area contributed by atoms with Crippen molar-refractivity contribution in [3.8, 4) is 0 Å². The van der Waals surface area contributed by atoms with Crippen LogP contribution in [0.25, 0.3) is 0 Å². The fraction of sp³-hybridized carbons (Fsp3) is 0.455. The number of benzene rings is 1. The van der Waals surface area contributed by atoms with Crippen LogP contribution in [0.1, 0.15) is 12.8 Å². The number of nitrogens with one attached hydrogen (secondary N) is 1. The lowest BCUT2D eigenvalue weighted by molar-refractivity contribution is 0.505. The molecule has 1 aromatic carbocycles. The number of nitrogens with two attached hydrogens (primary N) is 1. The third-order valence-electron chi connectivity index (χ3n) is 3.18. The molecule has 1 aliphatic heterocycles. The van der Waals surface area contributed by atoms with Gasteiger partial charge in [0.25, 0.3) is 0 Å². The quantitative estimate of drug-likeness (QED) is 0.777. The van der Waals surface area contributed by atoms with E-state index >= 15 is 0 Å². The smallest absolute Gasteiger partial charge is 0.242 e. The van der Waals surface area contributed by atoms with Gasteiger partial charge in [-0.25, -0.2) is 25.9 Å². The summed E-state index contributed by atoms with van der Waals surface area (Å²) in [5, 5.41) is 0. The van der Waals surface area contributed by atoms with E-state index in [1.807, 2.05) is 0 Å². The summed E-state index contributed by atoms with van der Waals surface area (Å²) in [5.41, 5.74) is 4.99. The molecule has 1 aromatic rings. The Bertz CT molecular complexity index is 702. The predicted octanol–water partition coefficient (Wildman–Crippen LogP) is 0.263. The molecule has 1 saturated heterocycles. The van der Waals surface area contributed by atoms with Crippen LogP contribution in [0.2, 0.25) is 0 Å². The maximum Gasteiger partial charge on any atom is 0.242 e. The Morgan fingerprint density at radius 1 is 1.25 bits per heavy atom. The van der Waals surface area contributed by atoms with Crippen LogP contribution in [0.15, 0.2) is 23.1 Å². The normalized spacial score (nSPS) is 19.9. The molecule has 3 N–H and O–H groups in total. The summed E-state index contributed by atoms with van der Waals surface area (Å²) in [6.07, 6.45) is 0.410. The highest BCUT2D eigenvalue weighted by molar-refractivity contribution is 7.91. The monoisotopic (exact) mass is 322 g/mol. The van der Waals surface area contributed by atoms with Crippen LogP contribution < -0.4 is 10.5 Å². The van der Waals surface area contributed by atoms with Crippen molar-refractivity contribution >= 4 is 25.5 Å². The summed E-state index contributed by atoms with van der Waals surface area (Å²) in [6.45, 7) is 0. The van der Waals surface area contributed by atoms with Crippen LogP contribution in [-0.2, 0) is 19.9 Å².